The lowest BCUT2D eigenvalue weighted by Crippen LogP contribution is -1.96. The first-order valence-corrected chi connectivity index (χ1v) is 6.45. The number of isocyanates is 1. The topological polar surface area (TPSA) is 66.7 Å². The molecular weight excluding hydrogens is 218 g/mol. The average molecular weight is 241 g/mol. The number of hydrogen-bond donors (Lipinski definition) is 1. The first-order chi connectivity index (χ1) is 8.16. The second-order valence-corrected chi connectivity index (χ2v) is 4.48. The highest BCUT2D eigenvalue weighted by Gasteiger charge is 1.99. The van der Waals surface area contributed by atoms with E-state index in [2.05, 4.69) is 4.99 Å². The van der Waals surface area contributed by atoms with Crippen LogP contribution in [0.25, 0.3) is 0 Å². The lowest BCUT2D eigenvalue weighted by molar-refractivity contribution is -0.137. The van der Waals surface area contributed by atoms with E-state index in [4.69, 9.17) is 5.11 Å². The molecule has 4 heteroatoms. The third kappa shape index (κ3) is 12.8. The van der Waals surface area contributed by atoms with Crippen LogP contribution >= 0.6 is 0 Å². The van der Waals surface area contributed by atoms with E-state index >= 15 is 0 Å². The summed E-state index contributed by atoms with van der Waals surface area (Å²) in [6, 6.07) is 0.100. The quantitative estimate of drug-likeness (QED) is 0.343. The van der Waals surface area contributed by atoms with Gasteiger partial charge in [0.05, 0.1) is 6.04 Å². The van der Waals surface area contributed by atoms with Gasteiger partial charge in [-0.05, 0) is 19.8 Å². The van der Waals surface area contributed by atoms with Gasteiger partial charge in [0.2, 0.25) is 6.08 Å². The summed E-state index contributed by atoms with van der Waals surface area (Å²) in [6.45, 7) is 1.93. The Balaban J connectivity index is 3.13. The first-order valence-electron chi connectivity index (χ1n) is 6.45. The van der Waals surface area contributed by atoms with Crippen LogP contribution in [0.3, 0.4) is 0 Å². The van der Waals surface area contributed by atoms with Gasteiger partial charge in [-0.15, -0.1) is 0 Å². The number of nitrogens with zero attached hydrogens (tertiary/aromatic N) is 1. The summed E-state index contributed by atoms with van der Waals surface area (Å²) in [5.74, 6) is -0.699. The Kier molecular flexibility index (Phi) is 10.6. The molecule has 17 heavy (non-hydrogen) atoms. The molecular formula is C13H23NO3. The third-order valence-corrected chi connectivity index (χ3v) is 2.79. The van der Waals surface area contributed by atoms with Gasteiger partial charge >= 0.3 is 5.97 Å². The van der Waals surface area contributed by atoms with Crippen LogP contribution < -0.4 is 0 Å². The van der Waals surface area contributed by atoms with E-state index in [0.29, 0.717) is 6.42 Å². The molecule has 0 rings (SSSR count). The third-order valence-electron chi connectivity index (χ3n) is 2.79. The highest BCUT2D eigenvalue weighted by Crippen LogP contribution is 2.11. The highest BCUT2D eigenvalue weighted by molar-refractivity contribution is 5.66. The Morgan fingerprint density at radius 2 is 1.65 bits per heavy atom. The summed E-state index contributed by atoms with van der Waals surface area (Å²) in [5, 5.41) is 8.45. The zero-order valence-electron chi connectivity index (χ0n) is 10.7. The molecule has 0 aromatic rings. The van der Waals surface area contributed by atoms with Crippen molar-refractivity contribution in [2.45, 2.75) is 70.8 Å². The first kappa shape index (κ1) is 15.9. The van der Waals surface area contributed by atoms with E-state index in [0.717, 1.165) is 38.5 Å². The second kappa shape index (κ2) is 11.3. The Labute approximate surface area is 103 Å². The van der Waals surface area contributed by atoms with Gasteiger partial charge in [0.25, 0.3) is 0 Å². The smallest absolute Gasteiger partial charge is 0.303 e. The molecule has 1 unspecified atom stereocenters. The van der Waals surface area contributed by atoms with Gasteiger partial charge in [-0.3, -0.25) is 4.79 Å². The number of rotatable bonds is 11. The predicted octanol–water partition coefficient (Wildman–Crippen LogP) is 3.31. The molecule has 0 spiro atoms. The fourth-order valence-electron chi connectivity index (χ4n) is 1.75. The predicted molar refractivity (Wildman–Crippen MR) is 66.8 cm³/mol. The second-order valence-electron chi connectivity index (χ2n) is 4.48. The van der Waals surface area contributed by atoms with E-state index in [1.165, 1.54) is 12.8 Å². The van der Waals surface area contributed by atoms with Gasteiger partial charge < -0.3 is 5.11 Å². The molecule has 0 saturated carbocycles. The van der Waals surface area contributed by atoms with Crippen LogP contribution in [0.1, 0.15) is 64.7 Å². The van der Waals surface area contributed by atoms with Gasteiger partial charge in [0.15, 0.2) is 0 Å². The molecule has 0 radical (unpaired) electrons. The van der Waals surface area contributed by atoms with Gasteiger partial charge in [-0.1, -0.05) is 38.5 Å². The summed E-state index contributed by atoms with van der Waals surface area (Å²) < 4.78 is 0. The van der Waals surface area contributed by atoms with Gasteiger partial charge in [0, 0.05) is 6.42 Å². The summed E-state index contributed by atoms with van der Waals surface area (Å²) in [6.07, 6.45) is 10.4. The number of aliphatic imine (C=N–C) groups is 1. The van der Waals surface area contributed by atoms with E-state index < -0.39 is 5.97 Å². The minimum absolute atomic E-state index is 0.100. The van der Waals surface area contributed by atoms with Gasteiger partial charge in [-0.25, -0.2) is 9.79 Å². The molecule has 0 amide bonds. The van der Waals surface area contributed by atoms with Crippen LogP contribution in [0.2, 0.25) is 0 Å². The SMILES string of the molecule is CC(CCCCCCCCCC(=O)O)N=C=O. The number of carboxylic acids is 1. The molecule has 1 N–H and O–H groups in total. The molecule has 0 fully saturated rings. The maximum absolute atomic E-state index is 10.3. The van der Waals surface area contributed by atoms with Crippen molar-refractivity contribution in [3.8, 4) is 0 Å². The molecule has 0 aliphatic carbocycles. The zero-order chi connectivity index (χ0) is 12.9. The summed E-state index contributed by atoms with van der Waals surface area (Å²) in [4.78, 5) is 23.9. The maximum atomic E-state index is 10.3. The van der Waals surface area contributed by atoms with Crippen molar-refractivity contribution < 1.29 is 14.7 Å². The van der Waals surface area contributed by atoms with Crippen LogP contribution in [0.4, 0.5) is 0 Å². The Morgan fingerprint density at radius 3 is 2.18 bits per heavy atom. The van der Waals surface area contributed by atoms with Crippen molar-refractivity contribution in [1.82, 2.24) is 0 Å². The molecule has 0 bridgehead atoms. The lowest BCUT2D eigenvalue weighted by Gasteiger charge is -2.03. The van der Waals surface area contributed by atoms with Crippen LogP contribution in [-0.4, -0.2) is 23.2 Å². The largest absolute Gasteiger partial charge is 0.481 e. The maximum Gasteiger partial charge on any atom is 0.303 e. The van der Waals surface area contributed by atoms with Crippen molar-refractivity contribution in [3.63, 3.8) is 0 Å². The number of aliphatic carboxylic acids is 1. The van der Waals surface area contributed by atoms with Gasteiger partial charge in [0.1, 0.15) is 0 Å². The number of carbonyl (C=O) groups is 1. The van der Waals surface area contributed by atoms with Crippen LogP contribution in [0.5, 0.6) is 0 Å². The highest BCUT2D eigenvalue weighted by atomic mass is 16.4. The van der Waals surface area contributed by atoms with Crippen molar-refractivity contribution >= 4 is 12.0 Å². The molecule has 1 atom stereocenters. The molecule has 0 aliphatic heterocycles. The van der Waals surface area contributed by atoms with Crippen LogP contribution in [-0.2, 0) is 9.59 Å². The fourth-order valence-corrected chi connectivity index (χ4v) is 1.75. The van der Waals surface area contributed by atoms with Crippen LogP contribution in [0, 0.1) is 0 Å². The lowest BCUT2D eigenvalue weighted by atomic mass is 10.1. The molecule has 98 valence electrons. The Morgan fingerprint density at radius 1 is 1.12 bits per heavy atom. The number of unbranched alkanes of at least 4 members (excludes halogenated alkanes) is 6. The van der Waals surface area contributed by atoms with Crippen molar-refractivity contribution in [1.29, 1.82) is 0 Å². The summed E-state index contributed by atoms with van der Waals surface area (Å²) in [7, 11) is 0. The molecule has 0 aliphatic rings. The van der Waals surface area contributed by atoms with Crippen molar-refractivity contribution in [3.05, 3.63) is 0 Å². The zero-order valence-corrected chi connectivity index (χ0v) is 10.7. The molecule has 0 saturated heterocycles. The molecule has 4 nitrogen and oxygen atoms in total. The number of carbonyl (C=O) groups excluding carboxylic acids is 1. The molecule has 0 heterocycles. The minimum atomic E-state index is -0.699. The number of hydrogen-bond acceptors (Lipinski definition) is 3. The van der Waals surface area contributed by atoms with Crippen molar-refractivity contribution in [2.75, 3.05) is 0 Å². The fraction of sp³-hybridized carbons (Fsp3) is 0.846. The Bertz CT molecular complexity index is 247. The molecule has 0 aromatic carbocycles. The average Bonchev–Trinajstić information content (AvgIpc) is 2.27. The molecule has 0 aromatic heterocycles. The standard InChI is InChI=1S/C13H23NO3/c1-12(14-11-15)9-7-5-3-2-4-6-8-10-13(16)17/h12H,2-10H2,1H3,(H,16,17). The normalized spacial score (nSPS) is 11.8. The monoisotopic (exact) mass is 241 g/mol. The number of carboxylic acid groups (broad SMARTS) is 1. The summed E-state index contributed by atoms with van der Waals surface area (Å²) >= 11 is 0. The van der Waals surface area contributed by atoms with Gasteiger partial charge in [-0.2, -0.15) is 0 Å². The van der Waals surface area contributed by atoms with E-state index in [1.54, 1.807) is 6.08 Å². The van der Waals surface area contributed by atoms with Crippen molar-refractivity contribution in [2.24, 2.45) is 4.99 Å². The minimum Gasteiger partial charge on any atom is -0.481 e. The summed E-state index contributed by atoms with van der Waals surface area (Å²) in [5.41, 5.74) is 0. The van der Waals surface area contributed by atoms with E-state index in [-0.39, 0.29) is 6.04 Å². The van der Waals surface area contributed by atoms with E-state index in [9.17, 15) is 9.59 Å². The van der Waals surface area contributed by atoms with E-state index in [1.807, 2.05) is 6.92 Å². The Hall–Kier alpha value is -1.15. The van der Waals surface area contributed by atoms with Crippen LogP contribution in [0.15, 0.2) is 4.99 Å².